The molecule has 0 bridgehead atoms. The lowest BCUT2D eigenvalue weighted by Crippen LogP contribution is -2.38. The summed E-state index contributed by atoms with van der Waals surface area (Å²) in [7, 11) is 0. The van der Waals surface area contributed by atoms with Crippen LogP contribution in [-0.2, 0) is 4.74 Å². The number of morpholine rings is 1. The minimum atomic E-state index is 0.532. The van der Waals surface area contributed by atoms with E-state index in [1.807, 2.05) is 6.20 Å². The molecular formula is C14H22N4O. The van der Waals surface area contributed by atoms with Gasteiger partial charge < -0.3 is 20.3 Å². The SMILES string of the molecule is c1cc(N2CCOCC2)ncc1NC1CCCNC1. The molecule has 0 aliphatic carbocycles. The maximum Gasteiger partial charge on any atom is 0.128 e. The number of rotatable bonds is 3. The third kappa shape index (κ3) is 3.36. The minimum absolute atomic E-state index is 0.532. The van der Waals surface area contributed by atoms with Crippen molar-refractivity contribution in [2.75, 3.05) is 49.6 Å². The van der Waals surface area contributed by atoms with E-state index in [0.717, 1.165) is 50.9 Å². The van der Waals surface area contributed by atoms with Gasteiger partial charge in [-0.1, -0.05) is 0 Å². The molecule has 1 aromatic heterocycles. The number of aromatic nitrogens is 1. The molecule has 5 nitrogen and oxygen atoms in total. The molecule has 0 radical (unpaired) electrons. The van der Waals surface area contributed by atoms with E-state index in [1.54, 1.807) is 0 Å². The van der Waals surface area contributed by atoms with Crippen molar-refractivity contribution in [1.29, 1.82) is 0 Å². The van der Waals surface area contributed by atoms with E-state index < -0.39 is 0 Å². The first-order chi connectivity index (χ1) is 9.42. The second-order valence-corrected chi connectivity index (χ2v) is 5.19. The molecule has 2 N–H and O–H groups in total. The Morgan fingerprint density at radius 2 is 2.21 bits per heavy atom. The lowest BCUT2D eigenvalue weighted by atomic mass is 10.1. The number of anilines is 2. The second kappa shape index (κ2) is 6.21. The fourth-order valence-electron chi connectivity index (χ4n) is 2.66. The molecule has 3 rings (SSSR count). The van der Waals surface area contributed by atoms with Crippen molar-refractivity contribution in [1.82, 2.24) is 10.3 Å². The molecule has 2 aliphatic rings. The van der Waals surface area contributed by atoms with Gasteiger partial charge >= 0.3 is 0 Å². The van der Waals surface area contributed by atoms with Gasteiger partial charge in [-0.05, 0) is 31.5 Å². The number of nitrogens with one attached hydrogen (secondary N) is 2. The van der Waals surface area contributed by atoms with E-state index in [9.17, 15) is 0 Å². The monoisotopic (exact) mass is 262 g/mol. The van der Waals surface area contributed by atoms with Gasteiger partial charge in [0.2, 0.25) is 0 Å². The molecule has 104 valence electrons. The third-order valence-corrected chi connectivity index (χ3v) is 3.75. The van der Waals surface area contributed by atoms with E-state index >= 15 is 0 Å². The normalized spacial score (nSPS) is 24.2. The van der Waals surface area contributed by atoms with Gasteiger partial charge in [-0.3, -0.25) is 0 Å². The summed E-state index contributed by atoms with van der Waals surface area (Å²) in [5.41, 5.74) is 1.12. The summed E-state index contributed by atoms with van der Waals surface area (Å²) < 4.78 is 5.36. The Morgan fingerprint density at radius 3 is 2.89 bits per heavy atom. The zero-order valence-corrected chi connectivity index (χ0v) is 11.3. The van der Waals surface area contributed by atoms with Crippen molar-refractivity contribution < 1.29 is 4.74 Å². The molecular weight excluding hydrogens is 240 g/mol. The van der Waals surface area contributed by atoms with Crippen LogP contribution in [0.3, 0.4) is 0 Å². The van der Waals surface area contributed by atoms with Crippen molar-refractivity contribution in [3.63, 3.8) is 0 Å². The molecule has 1 unspecified atom stereocenters. The van der Waals surface area contributed by atoms with Gasteiger partial charge in [0, 0.05) is 25.7 Å². The smallest absolute Gasteiger partial charge is 0.128 e. The van der Waals surface area contributed by atoms with Gasteiger partial charge in [-0.25, -0.2) is 4.98 Å². The zero-order valence-electron chi connectivity index (χ0n) is 11.3. The zero-order chi connectivity index (χ0) is 12.9. The Labute approximate surface area is 114 Å². The molecule has 0 saturated carbocycles. The van der Waals surface area contributed by atoms with Crippen LogP contribution in [0.5, 0.6) is 0 Å². The highest BCUT2D eigenvalue weighted by Gasteiger charge is 2.14. The molecule has 1 aromatic rings. The fourth-order valence-corrected chi connectivity index (χ4v) is 2.66. The first-order valence-electron chi connectivity index (χ1n) is 7.18. The van der Waals surface area contributed by atoms with Crippen LogP contribution in [0.4, 0.5) is 11.5 Å². The van der Waals surface area contributed by atoms with E-state index in [1.165, 1.54) is 12.8 Å². The Hall–Kier alpha value is -1.33. The molecule has 2 fully saturated rings. The van der Waals surface area contributed by atoms with Crippen LogP contribution in [0.2, 0.25) is 0 Å². The van der Waals surface area contributed by atoms with E-state index in [2.05, 4.69) is 32.7 Å². The molecule has 0 spiro atoms. The summed E-state index contributed by atoms with van der Waals surface area (Å²) in [5, 5.41) is 6.96. The summed E-state index contributed by atoms with van der Waals surface area (Å²) in [6, 6.07) is 4.76. The molecule has 5 heteroatoms. The Balaban J connectivity index is 1.58. The summed E-state index contributed by atoms with van der Waals surface area (Å²) in [6.07, 6.45) is 4.43. The number of piperidine rings is 1. The molecule has 2 aliphatic heterocycles. The largest absolute Gasteiger partial charge is 0.380 e. The van der Waals surface area contributed by atoms with Gasteiger partial charge in [-0.2, -0.15) is 0 Å². The highest BCUT2D eigenvalue weighted by molar-refractivity contribution is 5.49. The second-order valence-electron chi connectivity index (χ2n) is 5.19. The van der Waals surface area contributed by atoms with E-state index in [4.69, 9.17) is 4.74 Å². The molecule has 2 saturated heterocycles. The van der Waals surface area contributed by atoms with Crippen molar-refractivity contribution in [2.45, 2.75) is 18.9 Å². The predicted octanol–water partition coefficient (Wildman–Crippen LogP) is 1.08. The average molecular weight is 262 g/mol. The van der Waals surface area contributed by atoms with Gasteiger partial charge in [0.1, 0.15) is 5.82 Å². The maximum absolute atomic E-state index is 5.36. The summed E-state index contributed by atoms with van der Waals surface area (Å²) in [4.78, 5) is 6.83. The standard InChI is InChI=1S/C14H22N4O/c1-2-12(10-15-5-1)17-13-3-4-14(16-11-13)18-6-8-19-9-7-18/h3-4,11-12,15,17H,1-2,5-10H2. The number of ether oxygens (including phenoxy) is 1. The van der Waals surface area contributed by atoms with Crippen LogP contribution in [0.15, 0.2) is 18.3 Å². The summed E-state index contributed by atoms with van der Waals surface area (Å²) in [5.74, 6) is 1.05. The number of nitrogens with zero attached hydrogens (tertiary/aromatic N) is 2. The number of pyridine rings is 1. The highest BCUT2D eigenvalue weighted by Crippen LogP contribution is 2.17. The van der Waals surface area contributed by atoms with Crippen molar-refractivity contribution in [3.8, 4) is 0 Å². The van der Waals surface area contributed by atoms with Crippen LogP contribution in [0.1, 0.15) is 12.8 Å². The van der Waals surface area contributed by atoms with Crippen LogP contribution in [0, 0.1) is 0 Å². The molecule has 0 aromatic carbocycles. The van der Waals surface area contributed by atoms with Crippen molar-refractivity contribution in [2.24, 2.45) is 0 Å². The molecule has 0 amide bonds. The summed E-state index contributed by atoms with van der Waals surface area (Å²) in [6.45, 7) is 5.67. The Kier molecular flexibility index (Phi) is 4.15. The molecule has 1 atom stereocenters. The number of hydrogen-bond acceptors (Lipinski definition) is 5. The average Bonchev–Trinajstić information content (AvgIpc) is 2.50. The Morgan fingerprint density at radius 1 is 1.32 bits per heavy atom. The van der Waals surface area contributed by atoms with Gasteiger partial charge in [-0.15, -0.1) is 0 Å². The van der Waals surface area contributed by atoms with Gasteiger partial charge in [0.25, 0.3) is 0 Å². The van der Waals surface area contributed by atoms with E-state index in [-0.39, 0.29) is 0 Å². The predicted molar refractivity (Wildman–Crippen MR) is 76.8 cm³/mol. The fraction of sp³-hybridized carbons (Fsp3) is 0.643. The lowest BCUT2D eigenvalue weighted by molar-refractivity contribution is 0.122. The summed E-state index contributed by atoms with van der Waals surface area (Å²) >= 11 is 0. The lowest BCUT2D eigenvalue weighted by Gasteiger charge is -2.28. The van der Waals surface area contributed by atoms with Gasteiger partial charge in [0.05, 0.1) is 25.1 Å². The first-order valence-corrected chi connectivity index (χ1v) is 7.18. The molecule has 19 heavy (non-hydrogen) atoms. The third-order valence-electron chi connectivity index (χ3n) is 3.75. The molecule has 3 heterocycles. The van der Waals surface area contributed by atoms with Crippen molar-refractivity contribution >= 4 is 11.5 Å². The van der Waals surface area contributed by atoms with Crippen LogP contribution in [-0.4, -0.2) is 50.4 Å². The minimum Gasteiger partial charge on any atom is -0.380 e. The maximum atomic E-state index is 5.36. The van der Waals surface area contributed by atoms with Crippen LogP contribution in [0.25, 0.3) is 0 Å². The number of hydrogen-bond donors (Lipinski definition) is 2. The first kappa shape index (κ1) is 12.7. The van der Waals surface area contributed by atoms with Crippen LogP contribution >= 0.6 is 0 Å². The van der Waals surface area contributed by atoms with E-state index in [0.29, 0.717) is 6.04 Å². The highest BCUT2D eigenvalue weighted by atomic mass is 16.5. The van der Waals surface area contributed by atoms with Gasteiger partial charge in [0.15, 0.2) is 0 Å². The van der Waals surface area contributed by atoms with Crippen molar-refractivity contribution in [3.05, 3.63) is 18.3 Å². The quantitative estimate of drug-likeness (QED) is 0.854. The topological polar surface area (TPSA) is 49.4 Å². The van der Waals surface area contributed by atoms with Crippen LogP contribution < -0.4 is 15.5 Å². The Bertz CT molecular complexity index is 383.